The molecule has 164 valence electrons. The summed E-state index contributed by atoms with van der Waals surface area (Å²) in [5, 5.41) is 0. The summed E-state index contributed by atoms with van der Waals surface area (Å²) in [5.41, 5.74) is 0.482. The SMILES string of the molecule is CN1CCCC(N2CCN(C(=O)C3CCCN(C(=O)c4ccc(F)cc4)C3)CC2)C1. The van der Waals surface area contributed by atoms with Gasteiger partial charge in [0.2, 0.25) is 5.91 Å². The minimum Gasteiger partial charge on any atom is -0.340 e. The Kier molecular flexibility index (Phi) is 6.68. The van der Waals surface area contributed by atoms with Gasteiger partial charge in [-0.25, -0.2) is 4.39 Å². The highest BCUT2D eigenvalue weighted by atomic mass is 19.1. The van der Waals surface area contributed by atoms with Crippen molar-refractivity contribution in [1.82, 2.24) is 19.6 Å². The predicted octanol–water partition coefficient (Wildman–Crippen LogP) is 1.92. The highest BCUT2D eigenvalue weighted by molar-refractivity contribution is 5.94. The minimum absolute atomic E-state index is 0.112. The smallest absolute Gasteiger partial charge is 0.253 e. The highest BCUT2D eigenvalue weighted by Crippen LogP contribution is 2.23. The predicted molar refractivity (Wildman–Crippen MR) is 114 cm³/mol. The fraction of sp³-hybridized carbons (Fsp3) is 0.652. The Bertz CT molecular complexity index is 748. The van der Waals surface area contributed by atoms with Gasteiger partial charge in [0.05, 0.1) is 5.92 Å². The van der Waals surface area contributed by atoms with E-state index in [9.17, 15) is 14.0 Å². The first-order chi connectivity index (χ1) is 14.5. The van der Waals surface area contributed by atoms with Crippen LogP contribution in [0.2, 0.25) is 0 Å². The van der Waals surface area contributed by atoms with Crippen molar-refractivity contribution in [3.05, 3.63) is 35.6 Å². The molecular weight excluding hydrogens is 383 g/mol. The molecule has 0 spiro atoms. The highest BCUT2D eigenvalue weighted by Gasteiger charge is 2.34. The zero-order valence-electron chi connectivity index (χ0n) is 17.9. The monoisotopic (exact) mass is 416 g/mol. The molecule has 0 saturated carbocycles. The molecule has 3 aliphatic heterocycles. The number of carbonyl (C=O) groups is 2. The van der Waals surface area contributed by atoms with E-state index in [-0.39, 0.29) is 23.5 Å². The van der Waals surface area contributed by atoms with E-state index in [0.717, 1.165) is 45.6 Å². The quantitative estimate of drug-likeness (QED) is 0.755. The van der Waals surface area contributed by atoms with Crippen LogP contribution in [-0.4, -0.2) is 96.9 Å². The minimum atomic E-state index is -0.350. The first kappa shape index (κ1) is 21.2. The molecule has 2 atom stereocenters. The van der Waals surface area contributed by atoms with Crippen molar-refractivity contribution < 1.29 is 14.0 Å². The maximum atomic E-state index is 13.2. The van der Waals surface area contributed by atoms with Crippen molar-refractivity contribution in [3.8, 4) is 0 Å². The number of halogens is 1. The number of carbonyl (C=O) groups excluding carboxylic acids is 2. The van der Waals surface area contributed by atoms with Crippen molar-refractivity contribution in [1.29, 1.82) is 0 Å². The normalized spacial score (nSPS) is 26.6. The molecule has 1 aromatic carbocycles. The fourth-order valence-corrected chi connectivity index (χ4v) is 5.14. The Balaban J connectivity index is 1.30. The Morgan fingerprint density at radius 2 is 1.57 bits per heavy atom. The van der Waals surface area contributed by atoms with Gasteiger partial charge in [0, 0.05) is 57.4 Å². The zero-order chi connectivity index (χ0) is 21.1. The molecule has 3 saturated heterocycles. The zero-order valence-corrected chi connectivity index (χ0v) is 17.9. The largest absolute Gasteiger partial charge is 0.340 e. The standard InChI is InChI=1S/C23H33FN4O2/c1-25-10-3-5-21(17-25)26-12-14-27(15-13-26)23(30)19-4-2-11-28(16-19)22(29)18-6-8-20(24)9-7-18/h6-9,19,21H,2-5,10-17H2,1H3. The Morgan fingerprint density at radius 1 is 0.867 bits per heavy atom. The number of piperazine rings is 1. The van der Waals surface area contributed by atoms with Crippen LogP contribution in [0.25, 0.3) is 0 Å². The first-order valence-corrected chi connectivity index (χ1v) is 11.3. The van der Waals surface area contributed by atoms with Crippen molar-refractivity contribution in [2.75, 3.05) is 59.4 Å². The van der Waals surface area contributed by atoms with Gasteiger partial charge in [0.25, 0.3) is 5.91 Å². The van der Waals surface area contributed by atoms with Crippen LogP contribution in [-0.2, 0) is 4.79 Å². The molecule has 3 fully saturated rings. The summed E-state index contributed by atoms with van der Waals surface area (Å²) in [6.45, 7) is 6.86. The van der Waals surface area contributed by atoms with Gasteiger partial charge in [0.1, 0.15) is 5.82 Å². The maximum Gasteiger partial charge on any atom is 0.253 e. The number of likely N-dealkylation sites (tertiary alicyclic amines) is 2. The average Bonchev–Trinajstić information content (AvgIpc) is 2.79. The van der Waals surface area contributed by atoms with E-state index in [1.165, 1.54) is 43.7 Å². The van der Waals surface area contributed by atoms with Gasteiger partial charge in [-0.1, -0.05) is 0 Å². The van der Waals surface area contributed by atoms with Crippen LogP contribution in [0.5, 0.6) is 0 Å². The van der Waals surface area contributed by atoms with E-state index in [0.29, 0.717) is 24.7 Å². The molecule has 2 amide bonds. The number of piperidine rings is 2. The lowest BCUT2D eigenvalue weighted by molar-refractivity contribution is -0.139. The molecular formula is C23H33FN4O2. The molecule has 30 heavy (non-hydrogen) atoms. The van der Waals surface area contributed by atoms with Gasteiger partial charge in [-0.2, -0.15) is 0 Å². The number of likely N-dealkylation sites (N-methyl/N-ethyl adjacent to an activating group) is 1. The lowest BCUT2D eigenvalue weighted by Crippen LogP contribution is -2.57. The number of hydrogen-bond donors (Lipinski definition) is 0. The molecule has 3 aliphatic rings. The summed E-state index contributed by atoms with van der Waals surface area (Å²) in [5.74, 6) is -0.404. The third kappa shape index (κ3) is 4.83. The van der Waals surface area contributed by atoms with E-state index in [2.05, 4.69) is 16.8 Å². The van der Waals surface area contributed by atoms with Gasteiger partial charge in [-0.05, 0) is 63.5 Å². The molecule has 0 aliphatic carbocycles. The molecule has 0 aromatic heterocycles. The molecule has 3 heterocycles. The second kappa shape index (κ2) is 9.43. The lowest BCUT2D eigenvalue weighted by Gasteiger charge is -2.43. The lowest BCUT2D eigenvalue weighted by atomic mass is 9.95. The summed E-state index contributed by atoms with van der Waals surface area (Å²) in [7, 11) is 2.19. The molecule has 0 bridgehead atoms. The van der Waals surface area contributed by atoms with E-state index < -0.39 is 0 Å². The van der Waals surface area contributed by atoms with E-state index in [4.69, 9.17) is 0 Å². The van der Waals surface area contributed by atoms with Crippen LogP contribution in [0.15, 0.2) is 24.3 Å². The Hall–Kier alpha value is -1.99. The number of rotatable bonds is 3. The third-order valence-electron chi connectivity index (χ3n) is 6.89. The number of hydrogen-bond acceptors (Lipinski definition) is 4. The third-order valence-corrected chi connectivity index (χ3v) is 6.89. The fourth-order valence-electron chi connectivity index (χ4n) is 5.14. The summed E-state index contributed by atoms with van der Waals surface area (Å²) < 4.78 is 13.2. The van der Waals surface area contributed by atoms with Crippen molar-refractivity contribution in [3.63, 3.8) is 0 Å². The Labute approximate surface area is 178 Å². The van der Waals surface area contributed by atoms with E-state index in [1.54, 1.807) is 4.90 Å². The van der Waals surface area contributed by atoms with Gasteiger partial charge < -0.3 is 14.7 Å². The second-order valence-corrected chi connectivity index (χ2v) is 9.02. The molecule has 6 nitrogen and oxygen atoms in total. The van der Waals surface area contributed by atoms with Crippen LogP contribution < -0.4 is 0 Å². The first-order valence-electron chi connectivity index (χ1n) is 11.3. The molecule has 4 rings (SSSR count). The van der Waals surface area contributed by atoms with Crippen LogP contribution in [0.3, 0.4) is 0 Å². The molecule has 2 unspecified atom stereocenters. The van der Waals surface area contributed by atoms with Crippen molar-refractivity contribution >= 4 is 11.8 Å². The molecule has 0 N–H and O–H groups in total. The van der Waals surface area contributed by atoms with E-state index in [1.807, 2.05) is 4.90 Å². The van der Waals surface area contributed by atoms with Gasteiger partial charge >= 0.3 is 0 Å². The molecule has 7 heteroatoms. The summed E-state index contributed by atoms with van der Waals surface area (Å²) in [6, 6.07) is 6.27. The van der Waals surface area contributed by atoms with Crippen molar-refractivity contribution in [2.24, 2.45) is 5.92 Å². The second-order valence-electron chi connectivity index (χ2n) is 9.02. The van der Waals surface area contributed by atoms with Crippen LogP contribution in [0, 0.1) is 11.7 Å². The van der Waals surface area contributed by atoms with Crippen LogP contribution >= 0.6 is 0 Å². The van der Waals surface area contributed by atoms with Crippen LogP contribution in [0.1, 0.15) is 36.0 Å². The topological polar surface area (TPSA) is 47.1 Å². The summed E-state index contributed by atoms with van der Waals surface area (Å²) >= 11 is 0. The van der Waals surface area contributed by atoms with Gasteiger partial charge in [-0.3, -0.25) is 14.5 Å². The number of benzene rings is 1. The summed E-state index contributed by atoms with van der Waals surface area (Å²) in [6.07, 6.45) is 4.17. The Morgan fingerprint density at radius 3 is 2.27 bits per heavy atom. The molecule has 1 aromatic rings. The van der Waals surface area contributed by atoms with Gasteiger partial charge in [0.15, 0.2) is 0 Å². The average molecular weight is 417 g/mol. The summed E-state index contributed by atoms with van der Waals surface area (Å²) in [4.78, 5) is 34.6. The number of nitrogens with zero attached hydrogens (tertiary/aromatic N) is 4. The van der Waals surface area contributed by atoms with E-state index >= 15 is 0 Å². The maximum absolute atomic E-state index is 13.2. The van der Waals surface area contributed by atoms with Crippen molar-refractivity contribution in [2.45, 2.75) is 31.7 Å². The number of amides is 2. The van der Waals surface area contributed by atoms with Crippen LogP contribution in [0.4, 0.5) is 4.39 Å². The van der Waals surface area contributed by atoms with Gasteiger partial charge in [-0.15, -0.1) is 0 Å². The molecule has 0 radical (unpaired) electrons.